The number of amides is 1. The summed E-state index contributed by atoms with van der Waals surface area (Å²) in [4.78, 5) is 17.2. The maximum atomic E-state index is 12.9. The maximum Gasteiger partial charge on any atom is 0.256 e. The summed E-state index contributed by atoms with van der Waals surface area (Å²) in [6, 6.07) is 19.7. The highest BCUT2D eigenvalue weighted by atomic mass is 79.9. The Bertz CT molecular complexity index is 1210. The summed E-state index contributed by atoms with van der Waals surface area (Å²) < 4.78 is 6.88. The van der Waals surface area contributed by atoms with Crippen LogP contribution < -0.4 is 5.32 Å². The quantitative estimate of drug-likeness (QED) is 0.327. The van der Waals surface area contributed by atoms with Crippen LogP contribution in [0.3, 0.4) is 0 Å². The molecule has 4 nitrogen and oxygen atoms in total. The van der Waals surface area contributed by atoms with Crippen LogP contribution in [0.1, 0.15) is 10.4 Å². The second-order valence-electron chi connectivity index (χ2n) is 6.17. The van der Waals surface area contributed by atoms with Crippen LogP contribution in [0.25, 0.3) is 22.8 Å². The van der Waals surface area contributed by atoms with Gasteiger partial charge in [-0.05, 0) is 42.5 Å². The average Bonchev–Trinajstić information content (AvgIpc) is 3.21. The SMILES string of the molecule is O=C(Nc1ccc(Cl)c(Cl)c1)c1ccccc1-c1ncc(-c2cccc(Br)c2)o1. The monoisotopic (exact) mass is 486 g/mol. The number of carbonyl (C=O) groups is 1. The number of hydrogen-bond acceptors (Lipinski definition) is 3. The minimum atomic E-state index is -0.304. The van der Waals surface area contributed by atoms with Crippen LogP contribution in [-0.2, 0) is 0 Å². The Hall–Kier alpha value is -2.60. The molecule has 0 radical (unpaired) electrons. The molecule has 0 bridgehead atoms. The molecule has 0 saturated carbocycles. The normalized spacial score (nSPS) is 10.7. The Morgan fingerprint density at radius 1 is 0.966 bits per heavy atom. The Balaban J connectivity index is 1.65. The lowest BCUT2D eigenvalue weighted by atomic mass is 10.1. The van der Waals surface area contributed by atoms with Crippen molar-refractivity contribution in [2.24, 2.45) is 0 Å². The lowest BCUT2D eigenvalue weighted by Crippen LogP contribution is -2.13. The molecule has 3 aromatic carbocycles. The molecule has 0 spiro atoms. The van der Waals surface area contributed by atoms with Crippen molar-refractivity contribution in [3.63, 3.8) is 0 Å². The number of hydrogen-bond donors (Lipinski definition) is 1. The number of nitrogens with zero attached hydrogens (tertiary/aromatic N) is 1. The third-order valence-corrected chi connectivity index (χ3v) is 5.43. The molecule has 0 aliphatic carbocycles. The number of halogens is 3. The molecule has 0 aliphatic heterocycles. The van der Waals surface area contributed by atoms with Gasteiger partial charge in [0, 0.05) is 21.3 Å². The van der Waals surface area contributed by atoms with Gasteiger partial charge in [0.1, 0.15) is 0 Å². The molecule has 4 rings (SSSR count). The summed E-state index contributed by atoms with van der Waals surface area (Å²) in [5.74, 6) is 0.669. The molecule has 0 unspecified atom stereocenters. The van der Waals surface area contributed by atoms with Crippen molar-refractivity contribution in [3.05, 3.63) is 93.0 Å². The first kappa shape index (κ1) is 19.7. The molecule has 144 valence electrons. The number of aromatic nitrogens is 1. The first-order chi connectivity index (χ1) is 14.0. The second kappa shape index (κ2) is 8.41. The van der Waals surface area contributed by atoms with Crippen LogP contribution in [0.2, 0.25) is 10.0 Å². The lowest BCUT2D eigenvalue weighted by Gasteiger charge is -2.09. The molecule has 1 N–H and O–H groups in total. The highest BCUT2D eigenvalue weighted by molar-refractivity contribution is 9.10. The molecule has 0 atom stereocenters. The molecule has 0 fully saturated rings. The van der Waals surface area contributed by atoms with Gasteiger partial charge in [-0.15, -0.1) is 0 Å². The van der Waals surface area contributed by atoms with Crippen LogP contribution in [0.15, 0.2) is 81.8 Å². The van der Waals surface area contributed by atoms with E-state index in [1.165, 1.54) is 0 Å². The third-order valence-electron chi connectivity index (χ3n) is 4.19. The molecule has 0 aliphatic rings. The van der Waals surface area contributed by atoms with Crippen molar-refractivity contribution >= 4 is 50.7 Å². The highest BCUT2D eigenvalue weighted by Crippen LogP contribution is 2.30. The predicted molar refractivity (Wildman–Crippen MR) is 119 cm³/mol. The van der Waals surface area contributed by atoms with Gasteiger partial charge in [-0.25, -0.2) is 4.98 Å². The van der Waals surface area contributed by atoms with E-state index in [-0.39, 0.29) is 5.91 Å². The zero-order valence-electron chi connectivity index (χ0n) is 14.8. The van der Waals surface area contributed by atoms with Crippen LogP contribution >= 0.6 is 39.1 Å². The van der Waals surface area contributed by atoms with Crippen molar-refractivity contribution in [2.45, 2.75) is 0 Å². The van der Waals surface area contributed by atoms with Crippen molar-refractivity contribution in [1.29, 1.82) is 0 Å². The van der Waals surface area contributed by atoms with Gasteiger partial charge >= 0.3 is 0 Å². The van der Waals surface area contributed by atoms with Crippen molar-refractivity contribution < 1.29 is 9.21 Å². The molecule has 1 amide bonds. The molecule has 4 aromatic rings. The predicted octanol–water partition coefficient (Wildman–Crippen LogP) is 7.33. The summed E-state index contributed by atoms with van der Waals surface area (Å²) in [6.45, 7) is 0. The Morgan fingerprint density at radius 2 is 1.79 bits per heavy atom. The summed E-state index contributed by atoms with van der Waals surface area (Å²) >= 11 is 15.4. The van der Waals surface area contributed by atoms with E-state index in [0.29, 0.717) is 38.5 Å². The van der Waals surface area contributed by atoms with Crippen molar-refractivity contribution in [2.75, 3.05) is 5.32 Å². The van der Waals surface area contributed by atoms with Crippen molar-refractivity contribution in [1.82, 2.24) is 4.98 Å². The van der Waals surface area contributed by atoms with Gasteiger partial charge in [-0.3, -0.25) is 4.79 Å². The van der Waals surface area contributed by atoms with Gasteiger partial charge in [0.15, 0.2) is 5.76 Å². The zero-order valence-corrected chi connectivity index (χ0v) is 17.9. The number of carbonyl (C=O) groups excluding carboxylic acids is 1. The van der Waals surface area contributed by atoms with Crippen molar-refractivity contribution in [3.8, 4) is 22.8 Å². The Kier molecular flexibility index (Phi) is 5.72. The van der Waals surface area contributed by atoms with E-state index < -0.39 is 0 Å². The smallest absolute Gasteiger partial charge is 0.256 e. The number of oxazole rings is 1. The fraction of sp³-hybridized carbons (Fsp3) is 0. The molecular formula is C22H13BrCl2N2O2. The fourth-order valence-electron chi connectivity index (χ4n) is 2.81. The van der Waals surface area contributed by atoms with Gasteiger partial charge < -0.3 is 9.73 Å². The van der Waals surface area contributed by atoms with E-state index in [4.69, 9.17) is 27.6 Å². The maximum absolute atomic E-state index is 12.9. The van der Waals surface area contributed by atoms with E-state index in [2.05, 4.69) is 26.2 Å². The average molecular weight is 488 g/mol. The Labute approximate surface area is 185 Å². The molecule has 1 aromatic heterocycles. The molecular weight excluding hydrogens is 475 g/mol. The summed E-state index contributed by atoms with van der Waals surface area (Å²) in [6.07, 6.45) is 1.64. The van der Waals surface area contributed by atoms with Gasteiger partial charge in [0.25, 0.3) is 5.91 Å². The van der Waals surface area contributed by atoms with Gasteiger partial charge in [-0.2, -0.15) is 0 Å². The molecule has 7 heteroatoms. The highest BCUT2D eigenvalue weighted by Gasteiger charge is 2.17. The summed E-state index contributed by atoms with van der Waals surface area (Å²) in [5.41, 5.74) is 2.45. The minimum Gasteiger partial charge on any atom is -0.436 e. The largest absolute Gasteiger partial charge is 0.436 e. The number of nitrogens with one attached hydrogen (secondary N) is 1. The molecule has 0 saturated heterocycles. The van der Waals surface area contributed by atoms with E-state index in [1.54, 1.807) is 42.6 Å². The fourth-order valence-corrected chi connectivity index (χ4v) is 3.51. The number of benzene rings is 3. The van der Waals surface area contributed by atoms with Gasteiger partial charge in [0.2, 0.25) is 5.89 Å². The molecule has 1 heterocycles. The van der Waals surface area contributed by atoms with E-state index in [1.807, 2.05) is 30.3 Å². The topological polar surface area (TPSA) is 55.1 Å². The van der Waals surface area contributed by atoms with Crippen LogP contribution in [0.4, 0.5) is 5.69 Å². The molecule has 29 heavy (non-hydrogen) atoms. The minimum absolute atomic E-state index is 0.304. The van der Waals surface area contributed by atoms with E-state index in [9.17, 15) is 4.79 Å². The number of rotatable bonds is 4. The summed E-state index contributed by atoms with van der Waals surface area (Å²) in [5, 5.41) is 3.61. The standard InChI is InChI=1S/C22H13BrCl2N2O2/c23-14-5-3-4-13(10-14)20-12-26-22(29-20)17-7-2-1-6-16(17)21(28)27-15-8-9-18(24)19(25)11-15/h1-12H,(H,27,28). The summed E-state index contributed by atoms with van der Waals surface area (Å²) in [7, 11) is 0. The van der Waals surface area contributed by atoms with Gasteiger partial charge in [-0.1, -0.05) is 63.4 Å². The van der Waals surface area contributed by atoms with Crippen LogP contribution in [0, 0.1) is 0 Å². The van der Waals surface area contributed by atoms with Crippen LogP contribution in [0.5, 0.6) is 0 Å². The van der Waals surface area contributed by atoms with E-state index in [0.717, 1.165) is 10.0 Å². The zero-order chi connectivity index (χ0) is 20.4. The first-order valence-corrected chi connectivity index (χ1v) is 10.1. The first-order valence-electron chi connectivity index (χ1n) is 8.59. The lowest BCUT2D eigenvalue weighted by molar-refractivity contribution is 0.102. The van der Waals surface area contributed by atoms with Crippen LogP contribution in [-0.4, -0.2) is 10.9 Å². The number of anilines is 1. The second-order valence-corrected chi connectivity index (χ2v) is 7.90. The van der Waals surface area contributed by atoms with E-state index >= 15 is 0 Å². The van der Waals surface area contributed by atoms with Gasteiger partial charge in [0.05, 0.1) is 21.8 Å². The Morgan fingerprint density at radius 3 is 2.59 bits per heavy atom. The third kappa shape index (κ3) is 4.37.